The molecule has 0 aliphatic carbocycles. The predicted octanol–water partition coefficient (Wildman–Crippen LogP) is 2.45. The molecule has 1 saturated heterocycles. The highest BCUT2D eigenvalue weighted by Crippen LogP contribution is 2.08. The van der Waals surface area contributed by atoms with Crippen molar-refractivity contribution < 1.29 is 0 Å². The molecule has 1 aliphatic heterocycles. The highest BCUT2D eigenvalue weighted by atomic mass is 15.3. The highest BCUT2D eigenvalue weighted by Gasteiger charge is 2.14. The van der Waals surface area contributed by atoms with Gasteiger partial charge in [0.2, 0.25) is 0 Å². The molecule has 0 bridgehead atoms. The van der Waals surface area contributed by atoms with Gasteiger partial charge in [-0.3, -0.25) is 0 Å². The van der Waals surface area contributed by atoms with E-state index in [0.29, 0.717) is 0 Å². The minimum absolute atomic E-state index is 0.877. The molecule has 90 valence electrons. The molecule has 0 amide bonds. The summed E-state index contributed by atoms with van der Waals surface area (Å²) in [5.41, 5.74) is 0. The second-order valence-corrected chi connectivity index (χ2v) is 5.17. The van der Waals surface area contributed by atoms with Crippen molar-refractivity contribution in [2.24, 2.45) is 5.92 Å². The summed E-state index contributed by atoms with van der Waals surface area (Å²) < 4.78 is 0. The van der Waals surface area contributed by atoms with E-state index in [0.717, 1.165) is 5.92 Å². The second kappa shape index (κ2) is 7.24. The smallest absolute Gasteiger partial charge is 0.0110 e. The summed E-state index contributed by atoms with van der Waals surface area (Å²) in [6.45, 7) is 14.6. The van der Waals surface area contributed by atoms with Crippen LogP contribution in [-0.4, -0.2) is 49.1 Å². The molecule has 0 atom stereocenters. The zero-order valence-electron chi connectivity index (χ0n) is 10.8. The number of nitrogens with zero attached hydrogens (tertiary/aromatic N) is 2. The standard InChI is InChI=1S/C13H28N2/c1-4-14-9-11-15(12-10-14)8-6-5-7-13(2)3/h13H,4-12H2,1-3H3. The Morgan fingerprint density at radius 3 is 2.07 bits per heavy atom. The van der Waals surface area contributed by atoms with Gasteiger partial charge in [-0.1, -0.05) is 33.6 Å². The first kappa shape index (κ1) is 13.0. The van der Waals surface area contributed by atoms with E-state index in [9.17, 15) is 0 Å². The van der Waals surface area contributed by atoms with Crippen molar-refractivity contribution in [2.45, 2.75) is 40.0 Å². The molecule has 0 spiro atoms. The molecule has 0 unspecified atom stereocenters. The molecule has 1 fully saturated rings. The molecule has 0 radical (unpaired) electrons. The number of unbranched alkanes of at least 4 members (excludes halogenated alkanes) is 1. The van der Waals surface area contributed by atoms with Crippen LogP contribution < -0.4 is 0 Å². The van der Waals surface area contributed by atoms with Crippen molar-refractivity contribution in [1.29, 1.82) is 0 Å². The summed E-state index contributed by atoms with van der Waals surface area (Å²) >= 11 is 0. The van der Waals surface area contributed by atoms with Gasteiger partial charge in [-0.15, -0.1) is 0 Å². The Morgan fingerprint density at radius 1 is 0.933 bits per heavy atom. The number of hydrogen-bond acceptors (Lipinski definition) is 2. The SMILES string of the molecule is CCN1CCN(CCCCC(C)C)CC1. The van der Waals surface area contributed by atoms with E-state index in [1.807, 2.05) is 0 Å². The van der Waals surface area contributed by atoms with Gasteiger partial charge in [-0.2, -0.15) is 0 Å². The van der Waals surface area contributed by atoms with Gasteiger partial charge < -0.3 is 9.80 Å². The third kappa shape index (κ3) is 5.53. The van der Waals surface area contributed by atoms with Crippen molar-refractivity contribution in [3.05, 3.63) is 0 Å². The topological polar surface area (TPSA) is 6.48 Å². The van der Waals surface area contributed by atoms with Gasteiger partial charge in [-0.05, 0) is 25.4 Å². The first-order valence-corrected chi connectivity index (χ1v) is 6.67. The van der Waals surface area contributed by atoms with Gasteiger partial charge in [0.25, 0.3) is 0 Å². The second-order valence-electron chi connectivity index (χ2n) is 5.17. The Kier molecular flexibility index (Phi) is 6.26. The fourth-order valence-corrected chi connectivity index (χ4v) is 2.22. The summed E-state index contributed by atoms with van der Waals surface area (Å²) in [6, 6.07) is 0. The van der Waals surface area contributed by atoms with Crippen LogP contribution in [0.3, 0.4) is 0 Å². The van der Waals surface area contributed by atoms with Crippen LogP contribution in [-0.2, 0) is 0 Å². The molecule has 0 N–H and O–H groups in total. The Bertz CT molecular complexity index is 149. The lowest BCUT2D eigenvalue weighted by Crippen LogP contribution is -2.46. The summed E-state index contributed by atoms with van der Waals surface area (Å²) in [7, 11) is 0. The van der Waals surface area contributed by atoms with E-state index in [-0.39, 0.29) is 0 Å². The quantitative estimate of drug-likeness (QED) is 0.624. The summed E-state index contributed by atoms with van der Waals surface area (Å²) in [5.74, 6) is 0.877. The average Bonchev–Trinajstić information content (AvgIpc) is 2.25. The lowest BCUT2D eigenvalue weighted by atomic mass is 10.1. The summed E-state index contributed by atoms with van der Waals surface area (Å²) in [4.78, 5) is 5.18. The van der Waals surface area contributed by atoms with Gasteiger partial charge >= 0.3 is 0 Å². The van der Waals surface area contributed by atoms with Crippen molar-refractivity contribution in [2.75, 3.05) is 39.3 Å². The lowest BCUT2D eigenvalue weighted by Gasteiger charge is -2.34. The number of rotatable bonds is 6. The van der Waals surface area contributed by atoms with Gasteiger partial charge in [0, 0.05) is 26.2 Å². The van der Waals surface area contributed by atoms with Crippen molar-refractivity contribution in [3.8, 4) is 0 Å². The van der Waals surface area contributed by atoms with Crippen LogP contribution in [0, 0.1) is 5.92 Å². The Morgan fingerprint density at radius 2 is 1.53 bits per heavy atom. The van der Waals surface area contributed by atoms with E-state index in [1.165, 1.54) is 58.5 Å². The van der Waals surface area contributed by atoms with Crippen molar-refractivity contribution in [3.63, 3.8) is 0 Å². The normalized spacial score (nSPS) is 20.0. The minimum Gasteiger partial charge on any atom is -0.301 e. The Balaban J connectivity index is 1.99. The molecule has 1 heterocycles. The van der Waals surface area contributed by atoms with Crippen LogP contribution >= 0.6 is 0 Å². The van der Waals surface area contributed by atoms with Gasteiger partial charge in [0.15, 0.2) is 0 Å². The Labute approximate surface area is 95.6 Å². The fourth-order valence-electron chi connectivity index (χ4n) is 2.22. The van der Waals surface area contributed by atoms with Gasteiger partial charge in [0.05, 0.1) is 0 Å². The fraction of sp³-hybridized carbons (Fsp3) is 1.00. The van der Waals surface area contributed by atoms with Crippen LogP contribution in [0.5, 0.6) is 0 Å². The molecule has 0 aromatic carbocycles. The van der Waals surface area contributed by atoms with Crippen LogP contribution in [0.2, 0.25) is 0 Å². The van der Waals surface area contributed by atoms with Crippen molar-refractivity contribution in [1.82, 2.24) is 9.80 Å². The van der Waals surface area contributed by atoms with E-state index in [4.69, 9.17) is 0 Å². The maximum Gasteiger partial charge on any atom is 0.0110 e. The zero-order chi connectivity index (χ0) is 11.1. The molecule has 0 saturated carbocycles. The lowest BCUT2D eigenvalue weighted by molar-refractivity contribution is 0.135. The number of piperazine rings is 1. The maximum atomic E-state index is 2.63. The monoisotopic (exact) mass is 212 g/mol. The first-order chi connectivity index (χ1) is 7.22. The van der Waals surface area contributed by atoms with E-state index < -0.39 is 0 Å². The van der Waals surface area contributed by atoms with E-state index in [1.54, 1.807) is 0 Å². The molecule has 1 rings (SSSR count). The minimum atomic E-state index is 0.877. The molecule has 0 aromatic heterocycles. The third-order valence-corrected chi connectivity index (χ3v) is 3.42. The summed E-state index contributed by atoms with van der Waals surface area (Å²) in [5, 5.41) is 0. The van der Waals surface area contributed by atoms with Crippen LogP contribution in [0.15, 0.2) is 0 Å². The average molecular weight is 212 g/mol. The highest BCUT2D eigenvalue weighted by molar-refractivity contribution is 4.70. The van der Waals surface area contributed by atoms with Gasteiger partial charge in [0.1, 0.15) is 0 Å². The predicted molar refractivity (Wildman–Crippen MR) is 67.2 cm³/mol. The van der Waals surface area contributed by atoms with Gasteiger partial charge in [-0.25, -0.2) is 0 Å². The third-order valence-electron chi connectivity index (χ3n) is 3.42. The Hall–Kier alpha value is -0.0800. The molecular weight excluding hydrogens is 184 g/mol. The molecule has 1 aliphatic rings. The van der Waals surface area contributed by atoms with Crippen molar-refractivity contribution >= 4 is 0 Å². The van der Waals surface area contributed by atoms with Crippen LogP contribution in [0.1, 0.15) is 40.0 Å². The summed E-state index contributed by atoms with van der Waals surface area (Å²) in [6.07, 6.45) is 4.20. The molecule has 2 heteroatoms. The molecular formula is C13H28N2. The van der Waals surface area contributed by atoms with E-state index >= 15 is 0 Å². The largest absolute Gasteiger partial charge is 0.301 e. The first-order valence-electron chi connectivity index (χ1n) is 6.67. The zero-order valence-corrected chi connectivity index (χ0v) is 10.8. The van der Waals surface area contributed by atoms with Crippen LogP contribution in [0.4, 0.5) is 0 Å². The number of hydrogen-bond donors (Lipinski definition) is 0. The van der Waals surface area contributed by atoms with Crippen LogP contribution in [0.25, 0.3) is 0 Å². The number of likely N-dealkylation sites (N-methyl/N-ethyl adjacent to an activating group) is 1. The molecule has 0 aromatic rings. The molecule has 2 nitrogen and oxygen atoms in total. The molecule has 15 heavy (non-hydrogen) atoms. The van der Waals surface area contributed by atoms with E-state index in [2.05, 4.69) is 30.6 Å². The maximum absolute atomic E-state index is 2.63.